The van der Waals surface area contributed by atoms with Crippen LogP contribution in [-0.2, 0) is 0 Å². The third kappa shape index (κ3) is 7.12. The Kier molecular flexibility index (Phi) is 7.90. The number of halogens is 3. The molecule has 1 rings (SSSR count). The third-order valence-corrected chi connectivity index (χ3v) is 4.16. The first-order valence-corrected chi connectivity index (χ1v) is 8.02. The molecule has 5 nitrogen and oxygen atoms in total. The number of unbranched alkanes of at least 4 members (excludes halogenated alkanes) is 1. The van der Waals surface area contributed by atoms with Gasteiger partial charge in [-0.25, -0.2) is 0 Å². The van der Waals surface area contributed by atoms with Crippen molar-refractivity contribution in [1.29, 1.82) is 0 Å². The molecular weight excluding hydrogens is 347 g/mol. The number of hydrogen-bond acceptors (Lipinski definition) is 5. The van der Waals surface area contributed by atoms with Crippen molar-refractivity contribution in [3.8, 4) is 11.5 Å². The molecule has 134 valence electrons. The summed E-state index contributed by atoms with van der Waals surface area (Å²) in [6.45, 7) is 0. The van der Waals surface area contributed by atoms with E-state index in [9.17, 15) is 23.3 Å². The topological polar surface area (TPSA) is 61.6 Å². The zero-order valence-electron chi connectivity index (χ0n) is 13.3. The number of thioether (sulfide) groups is 1. The number of nitro groups is 1. The molecule has 0 radical (unpaired) electrons. The maximum Gasteiger partial charge on any atom is 0.389 e. The molecule has 24 heavy (non-hydrogen) atoms. The van der Waals surface area contributed by atoms with Gasteiger partial charge in [-0.1, -0.05) is 0 Å². The Labute approximate surface area is 142 Å². The molecule has 0 aliphatic carbocycles. The third-order valence-electron chi connectivity index (χ3n) is 2.97. The lowest BCUT2D eigenvalue weighted by Gasteiger charge is -2.14. The summed E-state index contributed by atoms with van der Waals surface area (Å²) in [6, 6.07) is 3.22. The van der Waals surface area contributed by atoms with E-state index in [2.05, 4.69) is 0 Å². The summed E-state index contributed by atoms with van der Waals surface area (Å²) < 4.78 is 46.9. The molecule has 0 bridgehead atoms. The minimum atomic E-state index is -4.13. The van der Waals surface area contributed by atoms with Gasteiger partial charge in [0.15, 0.2) is 0 Å². The number of nitrogens with zero attached hydrogens (tertiary/aromatic N) is 1. The Morgan fingerprint density at radius 3 is 2.25 bits per heavy atom. The lowest BCUT2D eigenvalue weighted by atomic mass is 10.2. The van der Waals surface area contributed by atoms with Crippen LogP contribution in [0.5, 0.6) is 11.5 Å². The van der Waals surface area contributed by atoms with Gasteiger partial charge in [0.05, 0.1) is 24.0 Å². The Morgan fingerprint density at radius 2 is 1.79 bits per heavy atom. The Bertz CT molecular complexity index is 566. The van der Waals surface area contributed by atoms with Gasteiger partial charge in [0, 0.05) is 12.5 Å². The van der Waals surface area contributed by atoms with Crippen LogP contribution in [0.15, 0.2) is 23.2 Å². The van der Waals surface area contributed by atoms with E-state index in [0.717, 1.165) is 6.20 Å². The smallest absolute Gasteiger partial charge is 0.389 e. The van der Waals surface area contributed by atoms with Crippen molar-refractivity contribution < 1.29 is 27.6 Å². The van der Waals surface area contributed by atoms with Crippen molar-refractivity contribution in [2.75, 3.05) is 20.0 Å². The van der Waals surface area contributed by atoms with Gasteiger partial charge >= 0.3 is 6.18 Å². The quantitative estimate of drug-likeness (QED) is 0.273. The molecule has 0 amide bonds. The summed E-state index contributed by atoms with van der Waals surface area (Å²) in [5.74, 6) is 1.39. The van der Waals surface area contributed by atoms with Gasteiger partial charge in [-0.2, -0.15) is 13.2 Å². The predicted molar refractivity (Wildman–Crippen MR) is 86.2 cm³/mol. The molecule has 0 N–H and O–H groups in total. The van der Waals surface area contributed by atoms with Crippen molar-refractivity contribution in [1.82, 2.24) is 0 Å². The lowest BCUT2D eigenvalue weighted by Crippen LogP contribution is -2.06. The SMILES string of the molecule is COc1cc(C=C[N+](=O)[O-])cc(OC)c1SCCCCC(F)(F)F. The van der Waals surface area contributed by atoms with Crippen LogP contribution in [0.1, 0.15) is 24.8 Å². The first kappa shape index (κ1) is 20.1. The fourth-order valence-electron chi connectivity index (χ4n) is 1.89. The number of benzene rings is 1. The Balaban J connectivity index is 2.80. The van der Waals surface area contributed by atoms with Crippen molar-refractivity contribution in [3.05, 3.63) is 34.0 Å². The van der Waals surface area contributed by atoms with E-state index in [1.54, 1.807) is 12.1 Å². The summed E-state index contributed by atoms with van der Waals surface area (Å²) in [5, 5.41) is 10.4. The Morgan fingerprint density at radius 1 is 1.21 bits per heavy atom. The molecule has 1 aromatic rings. The van der Waals surface area contributed by atoms with Gasteiger partial charge in [0.1, 0.15) is 11.5 Å². The minimum Gasteiger partial charge on any atom is -0.495 e. The summed E-state index contributed by atoms with van der Waals surface area (Å²) >= 11 is 1.33. The van der Waals surface area contributed by atoms with Gasteiger partial charge in [-0.15, -0.1) is 11.8 Å². The average molecular weight is 365 g/mol. The van der Waals surface area contributed by atoms with Gasteiger partial charge in [0.25, 0.3) is 0 Å². The van der Waals surface area contributed by atoms with Crippen LogP contribution in [0.2, 0.25) is 0 Å². The second-order valence-electron chi connectivity index (χ2n) is 4.78. The molecule has 0 saturated carbocycles. The molecule has 0 unspecified atom stereocenters. The summed E-state index contributed by atoms with van der Waals surface area (Å²) in [5.41, 5.74) is 0.529. The standard InChI is InChI=1S/C15H18F3NO4S/c1-22-12-9-11(5-7-19(20)21)10-13(23-2)14(12)24-8-4-3-6-15(16,17)18/h5,7,9-10H,3-4,6,8H2,1-2H3. The maximum atomic E-state index is 12.1. The molecule has 0 aliphatic rings. The second kappa shape index (κ2) is 9.41. The molecule has 0 aliphatic heterocycles. The highest BCUT2D eigenvalue weighted by molar-refractivity contribution is 7.99. The van der Waals surface area contributed by atoms with Crippen LogP contribution in [0, 0.1) is 10.1 Å². The molecule has 0 spiro atoms. The van der Waals surface area contributed by atoms with Crippen LogP contribution in [0.3, 0.4) is 0 Å². The molecule has 0 atom stereocenters. The highest BCUT2D eigenvalue weighted by Gasteiger charge is 2.25. The monoisotopic (exact) mass is 365 g/mol. The second-order valence-corrected chi connectivity index (χ2v) is 5.88. The van der Waals surface area contributed by atoms with Gasteiger partial charge in [0.2, 0.25) is 6.20 Å². The normalized spacial score (nSPS) is 11.7. The number of alkyl halides is 3. The molecule has 9 heteroatoms. The van der Waals surface area contributed by atoms with E-state index >= 15 is 0 Å². The van der Waals surface area contributed by atoms with Gasteiger partial charge < -0.3 is 9.47 Å². The molecule has 0 heterocycles. The van der Waals surface area contributed by atoms with Gasteiger partial charge in [-0.3, -0.25) is 10.1 Å². The number of methoxy groups -OCH3 is 2. The van der Waals surface area contributed by atoms with Crippen molar-refractivity contribution in [3.63, 3.8) is 0 Å². The van der Waals surface area contributed by atoms with E-state index in [-0.39, 0.29) is 6.42 Å². The summed E-state index contributed by atoms with van der Waals surface area (Å²) in [6.07, 6.45) is -2.36. The highest BCUT2D eigenvalue weighted by Crippen LogP contribution is 2.40. The fraction of sp³-hybridized carbons (Fsp3) is 0.467. The van der Waals surface area contributed by atoms with E-state index in [1.165, 1.54) is 32.1 Å². The number of hydrogen-bond donors (Lipinski definition) is 0. The minimum absolute atomic E-state index is 0.0603. The number of rotatable bonds is 9. The van der Waals surface area contributed by atoms with Crippen LogP contribution in [0.4, 0.5) is 13.2 Å². The van der Waals surface area contributed by atoms with Gasteiger partial charge in [-0.05, 0) is 36.3 Å². The van der Waals surface area contributed by atoms with Crippen LogP contribution in [-0.4, -0.2) is 31.1 Å². The van der Waals surface area contributed by atoms with E-state index in [1.807, 2.05) is 0 Å². The predicted octanol–water partition coefficient (Wildman–Crippen LogP) is 4.78. The van der Waals surface area contributed by atoms with E-state index in [4.69, 9.17) is 9.47 Å². The molecule has 0 saturated heterocycles. The first-order valence-electron chi connectivity index (χ1n) is 7.04. The molecule has 1 aromatic carbocycles. The summed E-state index contributed by atoms with van der Waals surface area (Å²) in [7, 11) is 2.90. The molecule has 0 fully saturated rings. The van der Waals surface area contributed by atoms with Crippen LogP contribution < -0.4 is 9.47 Å². The van der Waals surface area contributed by atoms with Crippen molar-refractivity contribution >= 4 is 17.8 Å². The Hall–Kier alpha value is -1.90. The molecular formula is C15H18F3NO4S. The molecule has 0 aromatic heterocycles. The summed E-state index contributed by atoms with van der Waals surface area (Å²) in [4.78, 5) is 10.5. The van der Waals surface area contributed by atoms with E-state index < -0.39 is 17.5 Å². The lowest BCUT2D eigenvalue weighted by molar-refractivity contribution is -0.400. The van der Waals surface area contributed by atoms with Crippen molar-refractivity contribution in [2.45, 2.75) is 30.3 Å². The largest absolute Gasteiger partial charge is 0.495 e. The zero-order chi connectivity index (χ0) is 18.2. The average Bonchev–Trinajstić information content (AvgIpc) is 2.51. The highest BCUT2D eigenvalue weighted by atomic mass is 32.2. The fourth-order valence-corrected chi connectivity index (χ4v) is 3.01. The number of ether oxygens (including phenoxy) is 2. The van der Waals surface area contributed by atoms with E-state index in [0.29, 0.717) is 34.1 Å². The van der Waals surface area contributed by atoms with Crippen LogP contribution >= 0.6 is 11.8 Å². The van der Waals surface area contributed by atoms with Crippen molar-refractivity contribution in [2.24, 2.45) is 0 Å². The maximum absolute atomic E-state index is 12.1. The zero-order valence-corrected chi connectivity index (χ0v) is 14.1. The first-order chi connectivity index (χ1) is 11.3. The van der Waals surface area contributed by atoms with Crippen LogP contribution in [0.25, 0.3) is 6.08 Å².